The molecule has 2 heteroatoms. The fraction of sp³-hybridized carbons (Fsp3) is 1.00. The van der Waals surface area contributed by atoms with E-state index in [0.29, 0.717) is 0 Å². The van der Waals surface area contributed by atoms with Crippen LogP contribution in [0.3, 0.4) is 0 Å². The van der Waals surface area contributed by atoms with Gasteiger partial charge in [-0.15, -0.1) is 0 Å². The third-order valence-electron chi connectivity index (χ3n) is 1.45. The fourth-order valence-electron chi connectivity index (χ4n) is 1.12. The summed E-state index contributed by atoms with van der Waals surface area (Å²) in [6, 6.07) is 0. The zero-order chi connectivity index (χ0) is 8.15. The maximum absolute atomic E-state index is 3.87. The van der Waals surface area contributed by atoms with Crippen LogP contribution in [0.4, 0.5) is 0 Å². The van der Waals surface area contributed by atoms with Crippen molar-refractivity contribution < 1.29 is 0 Å². The van der Waals surface area contributed by atoms with Gasteiger partial charge in [-0.05, 0) is 0 Å². The van der Waals surface area contributed by atoms with Crippen molar-refractivity contribution in [2.24, 2.45) is 11.8 Å². The van der Waals surface area contributed by atoms with Gasteiger partial charge < -0.3 is 0 Å². The predicted molar refractivity (Wildman–Crippen MR) is 54.0 cm³/mol. The molecule has 10 heavy (non-hydrogen) atoms. The Labute approximate surface area is 77.1 Å². The van der Waals surface area contributed by atoms with Crippen LogP contribution < -0.4 is 0 Å². The van der Waals surface area contributed by atoms with Gasteiger partial charge in [-0.2, -0.15) is 0 Å². The van der Waals surface area contributed by atoms with Gasteiger partial charge in [0.1, 0.15) is 0 Å². The third-order valence-corrected chi connectivity index (χ3v) is 11.4. The number of hydrogen-bond acceptors (Lipinski definition) is 0. The van der Waals surface area contributed by atoms with Crippen LogP contribution in [-0.4, -0.2) is 14.2 Å². The zero-order valence-electron chi connectivity index (χ0n) is 7.52. The van der Waals surface area contributed by atoms with E-state index in [1.54, 1.807) is 0 Å². The Hall–Kier alpha value is 1.12. The first-order valence-electron chi connectivity index (χ1n) is 4.16. The predicted octanol–water partition coefficient (Wildman–Crippen LogP) is 3.68. The van der Waals surface area contributed by atoms with Gasteiger partial charge in [0, 0.05) is 0 Å². The molecule has 0 spiro atoms. The number of halogens is 1. The fourth-order valence-corrected chi connectivity index (χ4v) is 13.6. The van der Waals surface area contributed by atoms with E-state index in [9.17, 15) is 0 Å². The molecule has 0 aromatic rings. The Morgan fingerprint density at radius 1 is 1.00 bits per heavy atom. The minimum atomic E-state index is -0.938. The first-order valence-corrected chi connectivity index (χ1v) is 13.3. The molecule has 0 saturated heterocycles. The second kappa shape index (κ2) is 5.73. The van der Waals surface area contributed by atoms with Gasteiger partial charge in [-0.25, -0.2) is 0 Å². The number of rotatable bonds is 4. The summed E-state index contributed by atoms with van der Waals surface area (Å²) in [6.07, 6.45) is 0. The third kappa shape index (κ3) is 7.23. The normalized spacial score (nSPS) is 11.1. The Morgan fingerprint density at radius 3 is 1.50 bits per heavy atom. The van der Waals surface area contributed by atoms with E-state index >= 15 is 0 Å². The van der Waals surface area contributed by atoms with E-state index in [1.165, 1.54) is 9.95 Å². The molecule has 0 atom stereocenters. The van der Waals surface area contributed by atoms with Crippen LogP contribution in [0, 0.1) is 11.8 Å². The maximum atomic E-state index is 3.87. The van der Waals surface area contributed by atoms with Crippen LogP contribution in [-0.2, 0) is 0 Å². The van der Waals surface area contributed by atoms with E-state index < -0.39 is 14.2 Å². The standard InChI is InChI=1S/2C4H9.BrH.Ga/c2*1-4(2)3;;/h2*4H,1H2,2-3H3;1H;/q;;;+1/p-1. The monoisotopic (exact) mass is 262 g/mol. The summed E-state index contributed by atoms with van der Waals surface area (Å²) in [5.41, 5.74) is 0. The van der Waals surface area contributed by atoms with E-state index in [2.05, 4.69) is 41.3 Å². The van der Waals surface area contributed by atoms with Crippen molar-refractivity contribution in [2.75, 3.05) is 0 Å². The molecule has 0 fully saturated rings. The Morgan fingerprint density at radius 2 is 1.30 bits per heavy atom. The number of hydrogen-bond donors (Lipinski definition) is 0. The summed E-state index contributed by atoms with van der Waals surface area (Å²) in [6.45, 7) is 9.28. The van der Waals surface area contributed by atoms with Crippen molar-refractivity contribution in [3.8, 4) is 0 Å². The van der Waals surface area contributed by atoms with Crippen molar-refractivity contribution in [3.05, 3.63) is 0 Å². The summed E-state index contributed by atoms with van der Waals surface area (Å²) in [5, 5.41) is 0. The molecule has 0 heterocycles. The van der Waals surface area contributed by atoms with Crippen LogP contribution >= 0.6 is 13.6 Å². The molecule has 0 bridgehead atoms. The average Bonchev–Trinajstić information content (AvgIpc) is 1.58. The van der Waals surface area contributed by atoms with Gasteiger partial charge in [0.15, 0.2) is 0 Å². The molecule has 0 aliphatic rings. The summed E-state index contributed by atoms with van der Waals surface area (Å²) < 4.78 is 0. The van der Waals surface area contributed by atoms with E-state index in [1.807, 2.05) is 0 Å². The molecule has 0 N–H and O–H groups in total. The SMILES string of the molecule is CC(C)[CH2][Ga]([Br])[CH2]C(C)C. The average molecular weight is 264 g/mol. The molecule has 0 aliphatic heterocycles. The molecule has 0 radical (unpaired) electrons. The second-order valence-electron chi connectivity index (χ2n) is 3.86. The molecule has 60 valence electrons. The van der Waals surface area contributed by atoms with Gasteiger partial charge in [0.05, 0.1) is 0 Å². The Bertz CT molecular complexity index is 71.3. The Kier molecular flexibility index (Phi) is 6.37. The molecule has 0 unspecified atom stereocenters. The van der Waals surface area contributed by atoms with Crippen LogP contribution in [0.5, 0.6) is 0 Å². The van der Waals surface area contributed by atoms with Gasteiger partial charge in [0.2, 0.25) is 0 Å². The van der Waals surface area contributed by atoms with Crippen molar-refractivity contribution in [2.45, 2.75) is 37.6 Å². The van der Waals surface area contributed by atoms with Crippen molar-refractivity contribution in [3.63, 3.8) is 0 Å². The van der Waals surface area contributed by atoms with Gasteiger partial charge in [0.25, 0.3) is 0 Å². The van der Waals surface area contributed by atoms with Crippen LogP contribution in [0.2, 0.25) is 9.95 Å². The molecule has 0 saturated carbocycles. The summed E-state index contributed by atoms with van der Waals surface area (Å²) >= 11 is 2.93. The van der Waals surface area contributed by atoms with Crippen molar-refractivity contribution in [1.29, 1.82) is 0 Å². The van der Waals surface area contributed by atoms with Crippen molar-refractivity contribution in [1.82, 2.24) is 0 Å². The van der Waals surface area contributed by atoms with E-state index in [4.69, 9.17) is 0 Å². The molecule has 0 amide bonds. The first kappa shape index (κ1) is 11.1. The minimum absolute atomic E-state index is 0.906. The van der Waals surface area contributed by atoms with E-state index in [0.717, 1.165) is 11.8 Å². The summed E-state index contributed by atoms with van der Waals surface area (Å²) in [5.74, 6) is 1.81. The molecule has 0 aromatic carbocycles. The summed E-state index contributed by atoms with van der Waals surface area (Å²) in [4.78, 5) is 2.98. The van der Waals surface area contributed by atoms with Gasteiger partial charge in [-0.3, -0.25) is 0 Å². The second-order valence-corrected chi connectivity index (χ2v) is 15.1. The Balaban J connectivity index is 3.34. The first-order chi connectivity index (χ1) is 4.52. The molecule has 0 aromatic heterocycles. The molecule has 0 nitrogen and oxygen atoms in total. The molecule has 0 aliphatic carbocycles. The quantitative estimate of drug-likeness (QED) is 0.679. The molecule has 0 rings (SSSR count). The topological polar surface area (TPSA) is 0 Å². The van der Waals surface area contributed by atoms with Crippen LogP contribution in [0.25, 0.3) is 0 Å². The van der Waals surface area contributed by atoms with E-state index in [-0.39, 0.29) is 0 Å². The summed E-state index contributed by atoms with van der Waals surface area (Å²) in [7, 11) is 0. The van der Waals surface area contributed by atoms with Gasteiger partial charge >= 0.3 is 77.3 Å². The van der Waals surface area contributed by atoms with Gasteiger partial charge in [-0.1, -0.05) is 0 Å². The van der Waals surface area contributed by atoms with Crippen molar-refractivity contribution >= 4 is 27.8 Å². The molecular weight excluding hydrogens is 246 g/mol. The van der Waals surface area contributed by atoms with Crippen LogP contribution in [0.1, 0.15) is 27.7 Å². The van der Waals surface area contributed by atoms with Crippen LogP contribution in [0.15, 0.2) is 0 Å². The zero-order valence-corrected chi connectivity index (χ0v) is 11.5. The molecular formula is C8H18BrGa.